The van der Waals surface area contributed by atoms with Gasteiger partial charge in [-0.1, -0.05) is 12.1 Å². The van der Waals surface area contributed by atoms with Crippen LogP contribution in [-0.2, 0) is 20.7 Å². The summed E-state index contributed by atoms with van der Waals surface area (Å²) in [6.07, 6.45) is 0.561. The van der Waals surface area contributed by atoms with Crippen LogP contribution >= 0.6 is 0 Å². The van der Waals surface area contributed by atoms with Crippen LogP contribution < -0.4 is 5.32 Å². The van der Waals surface area contributed by atoms with Gasteiger partial charge in [-0.05, 0) is 24.1 Å². The monoisotopic (exact) mass is 223 g/mol. The molecule has 0 saturated carbocycles. The van der Waals surface area contributed by atoms with E-state index in [2.05, 4.69) is 10.1 Å². The molecule has 0 bridgehead atoms. The lowest BCUT2D eigenvalue weighted by Gasteiger charge is -2.04. The molecule has 0 radical (unpaired) electrons. The SMILES string of the molecule is COC(=O)C(=O)Nc1ccc(CCO)cc1. The molecule has 0 heterocycles. The van der Waals surface area contributed by atoms with Crippen LogP contribution in [0.5, 0.6) is 0 Å². The lowest BCUT2D eigenvalue weighted by atomic mass is 10.1. The third-order valence-electron chi connectivity index (χ3n) is 1.98. The Bertz CT molecular complexity index is 372. The second-order valence-electron chi connectivity index (χ2n) is 3.12. The molecule has 0 spiro atoms. The molecule has 0 aromatic heterocycles. The van der Waals surface area contributed by atoms with Crippen LogP contribution in [0.3, 0.4) is 0 Å². The van der Waals surface area contributed by atoms with Gasteiger partial charge in [-0.3, -0.25) is 4.79 Å². The van der Waals surface area contributed by atoms with Crippen LogP contribution in [0.2, 0.25) is 0 Å². The van der Waals surface area contributed by atoms with Crippen LogP contribution in [0, 0.1) is 0 Å². The van der Waals surface area contributed by atoms with Gasteiger partial charge in [-0.25, -0.2) is 4.79 Å². The second-order valence-corrected chi connectivity index (χ2v) is 3.12. The van der Waals surface area contributed by atoms with Crippen LogP contribution in [0.15, 0.2) is 24.3 Å². The van der Waals surface area contributed by atoms with Crippen molar-refractivity contribution in [3.8, 4) is 0 Å². The number of hydrogen-bond acceptors (Lipinski definition) is 4. The average molecular weight is 223 g/mol. The predicted molar refractivity (Wildman–Crippen MR) is 57.9 cm³/mol. The Hall–Kier alpha value is -1.88. The van der Waals surface area contributed by atoms with Crippen molar-refractivity contribution in [1.29, 1.82) is 0 Å². The topological polar surface area (TPSA) is 75.6 Å². The maximum Gasteiger partial charge on any atom is 0.396 e. The molecule has 0 atom stereocenters. The number of aliphatic hydroxyl groups is 1. The van der Waals surface area contributed by atoms with Gasteiger partial charge in [-0.15, -0.1) is 0 Å². The maximum absolute atomic E-state index is 11.1. The van der Waals surface area contributed by atoms with Crippen LogP contribution in [0.1, 0.15) is 5.56 Å². The maximum atomic E-state index is 11.1. The van der Waals surface area contributed by atoms with E-state index in [0.717, 1.165) is 12.7 Å². The number of nitrogens with one attached hydrogen (secondary N) is 1. The van der Waals surface area contributed by atoms with Crippen LogP contribution in [0.25, 0.3) is 0 Å². The standard InChI is InChI=1S/C11H13NO4/c1-16-11(15)10(14)12-9-4-2-8(3-5-9)6-7-13/h2-5,13H,6-7H2,1H3,(H,12,14). The van der Waals surface area contributed by atoms with Gasteiger partial charge in [0.2, 0.25) is 0 Å². The highest BCUT2D eigenvalue weighted by molar-refractivity contribution is 6.37. The van der Waals surface area contributed by atoms with Gasteiger partial charge in [0.05, 0.1) is 7.11 Å². The van der Waals surface area contributed by atoms with E-state index in [4.69, 9.17) is 5.11 Å². The van der Waals surface area contributed by atoms with E-state index in [9.17, 15) is 9.59 Å². The van der Waals surface area contributed by atoms with Gasteiger partial charge in [0.15, 0.2) is 0 Å². The highest BCUT2D eigenvalue weighted by atomic mass is 16.5. The lowest BCUT2D eigenvalue weighted by Crippen LogP contribution is -2.23. The molecule has 2 N–H and O–H groups in total. The molecule has 0 aliphatic carbocycles. The summed E-state index contributed by atoms with van der Waals surface area (Å²) in [5.41, 5.74) is 1.47. The van der Waals surface area contributed by atoms with Gasteiger partial charge in [0, 0.05) is 12.3 Å². The van der Waals surface area contributed by atoms with Crippen molar-refractivity contribution in [2.45, 2.75) is 6.42 Å². The molecule has 0 saturated heterocycles. The molecule has 1 aromatic carbocycles. The lowest BCUT2D eigenvalue weighted by molar-refractivity contribution is -0.150. The van der Waals surface area contributed by atoms with Crippen molar-refractivity contribution in [2.24, 2.45) is 0 Å². The molecule has 1 aromatic rings. The normalized spacial score (nSPS) is 9.62. The predicted octanol–water partition coefficient (Wildman–Crippen LogP) is 0.333. The number of methoxy groups -OCH3 is 1. The average Bonchev–Trinajstić information content (AvgIpc) is 2.31. The Labute approximate surface area is 93.0 Å². The van der Waals surface area contributed by atoms with E-state index >= 15 is 0 Å². The smallest absolute Gasteiger partial charge is 0.396 e. The van der Waals surface area contributed by atoms with Crippen molar-refractivity contribution in [1.82, 2.24) is 0 Å². The van der Waals surface area contributed by atoms with E-state index in [1.165, 1.54) is 0 Å². The fourth-order valence-corrected chi connectivity index (χ4v) is 1.16. The molecule has 86 valence electrons. The van der Waals surface area contributed by atoms with E-state index in [1.54, 1.807) is 24.3 Å². The second kappa shape index (κ2) is 5.87. The molecular formula is C11H13NO4. The first-order valence-corrected chi connectivity index (χ1v) is 4.76. The summed E-state index contributed by atoms with van der Waals surface area (Å²) in [4.78, 5) is 21.9. The number of carbonyl (C=O) groups is 2. The van der Waals surface area contributed by atoms with E-state index < -0.39 is 11.9 Å². The Morgan fingerprint density at radius 1 is 1.31 bits per heavy atom. The fourth-order valence-electron chi connectivity index (χ4n) is 1.16. The number of amides is 1. The first kappa shape index (κ1) is 12.2. The third-order valence-corrected chi connectivity index (χ3v) is 1.98. The molecular weight excluding hydrogens is 210 g/mol. The number of ether oxygens (including phenoxy) is 1. The quantitative estimate of drug-likeness (QED) is 0.572. The van der Waals surface area contributed by atoms with Crippen LogP contribution in [0.4, 0.5) is 5.69 Å². The van der Waals surface area contributed by atoms with Crippen molar-refractivity contribution in [3.63, 3.8) is 0 Å². The summed E-state index contributed by atoms with van der Waals surface area (Å²) in [6.45, 7) is 0.0772. The zero-order chi connectivity index (χ0) is 12.0. The number of carbonyl (C=O) groups excluding carboxylic acids is 2. The summed E-state index contributed by atoms with van der Waals surface area (Å²) in [5, 5.41) is 11.1. The van der Waals surface area contributed by atoms with Gasteiger partial charge in [0.1, 0.15) is 0 Å². The molecule has 0 aliphatic rings. The Kier molecular flexibility index (Phi) is 4.47. The van der Waals surface area contributed by atoms with Gasteiger partial charge in [-0.2, -0.15) is 0 Å². The van der Waals surface area contributed by atoms with Crippen molar-refractivity contribution in [2.75, 3.05) is 19.0 Å². The largest absolute Gasteiger partial charge is 0.462 e. The number of esters is 1. The highest BCUT2D eigenvalue weighted by Gasteiger charge is 2.13. The number of anilines is 1. The Balaban J connectivity index is 2.61. The molecule has 5 nitrogen and oxygen atoms in total. The van der Waals surface area contributed by atoms with Gasteiger partial charge in [0.25, 0.3) is 0 Å². The fraction of sp³-hybridized carbons (Fsp3) is 0.273. The molecule has 1 rings (SSSR count). The number of aliphatic hydroxyl groups excluding tert-OH is 1. The molecule has 0 unspecified atom stereocenters. The molecule has 0 aliphatic heterocycles. The molecule has 1 amide bonds. The molecule has 16 heavy (non-hydrogen) atoms. The molecule has 5 heteroatoms. The summed E-state index contributed by atoms with van der Waals surface area (Å²) >= 11 is 0. The Morgan fingerprint density at radius 2 is 1.94 bits per heavy atom. The van der Waals surface area contributed by atoms with Crippen molar-refractivity contribution >= 4 is 17.6 Å². The van der Waals surface area contributed by atoms with Crippen molar-refractivity contribution < 1.29 is 19.4 Å². The van der Waals surface area contributed by atoms with Gasteiger partial charge < -0.3 is 15.2 Å². The third kappa shape index (κ3) is 3.36. The summed E-state index contributed by atoms with van der Waals surface area (Å²) in [6, 6.07) is 6.85. The summed E-state index contributed by atoms with van der Waals surface area (Å²) in [5.74, 6) is -1.74. The number of hydrogen-bond donors (Lipinski definition) is 2. The first-order chi connectivity index (χ1) is 7.67. The Morgan fingerprint density at radius 3 is 2.44 bits per heavy atom. The number of benzene rings is 1. The van der Waals surface area contributed by atoms with Crippen molar-refractivity contribution in [3.05, 3.63) is 29.8 Å². The van der Waals surface area contributed by atoms with E-state index in [1.807, 2.05) is 0 Å². The minimum absolute atomic E-state index is 0.0772. The van der Waals surface area contributed by atoms with Crippen LogP contribution in [-0.4, -0.2) is 30.7 Å². The molecule has 0 fully saturated rings. The zero-order valence-electron chi connectivity index (χ0n) is 8.90. The first-order valence-electron chi connectivity index (χ1n) is 4.76. The minimum atomic E-state index is -0.931. The van der Waals surface area contributed by atoms with Gasteiger partial charge >= 0.3 is 11.9 Å². The summed E-state index contributed by atoms with van der Waals surface area (Å²) < 4.78 is 4.26. The zero-order valence-corrected chi connectivity index (χ0v) is 8.90. The van der Waals surface area contributed by atoms with E-state index in [-0.39, 0.29) is 6.61 Å². The highest BCUT2D eigenvalue weighted by Crippen LogP contribution is 2.09. The summed E-state index contributed by atoms with van der Waals surface area (Å²) in [7, 11) is 1.15. The minimum Gasteiger partial charge on any atom is -0.462 e. The van der Waals surface area contributed by atoms with E-state index in [0.29, 0.717) is 12.1 Å². The number of rotatable bonds is 3.